The lowest BCUT2D eigenvalue weighted by Crippen LogP contribution is -2.33. The molecule has 3 aromatic carbocycles. The number of nitrogens with zero attached hydrogens (tertiary/aromatic N) is 2. The summed E-state index contributed by atoms with van der Waals surface area (Å²) in [7, 11) is 0. The molecule has 6 heteroatoms. The lowest BCUT2D eigenvalue weighted by Gasteiger charge is -2.26. The number of phenols is 1. The van der Waals surface area contributed by atoms with Crippen LogP contribution in [0.4, 0.5) is 11.4 Å². The van der Waals surface area contributed by atoms with E-state index in [1.165, 1.54) is 37.9 Å². The van der Waals surface area contributed by atoms with Crippen molar-refractivity contribution < 1.29 is 15.1 Å². The minimum absolute atomic E-state index is 0.208. The molecule has 3 aromatic rings. The molecule has 1 saturated heterocycles. The van der Waals surface area contributed by atoms with Gasteiger partial charge in [0.05, 0.1) is 11.4 Å². The Kier molecular flexibility index (Phi) is 6.67. The smallest absolute Gasteiger partial charge is 0.119 e. The molecule has 1 aliphatic carbocycles. The maximum atomic E-state index is 10.1. The summed E-state index contributed by atoms with van der Waals surface area (Å²) in [6, 6.07) is 19.5. The van der Waals surface area contributed by atoms with Gasteiger partial charge in [0.1, 0.15) is 18.1 Å². The molecule has 1 fully saturated rings. The molecule has 0 aromatic heterocycles. The molecule has 0 amide bonds. The Morgan fingerprint density at radius 1 is 0.882 bits per heavy atom. The fourth-order valence-electron chi connectivity index (χ4n) is 4.89. The molecule has 0 unspecified atom stereocenters. The molecule has 0 atom stereocenters. The zero-order chi connectivity index (χ0) is 23.3. The molecule has 0 bridgehead atoms. The van der Waals surface area contributed by atoms with Crippen LogP contribution in [0.2, 0.25) is 0 Å². The van der Waals surface area contributed by atoms with Gasteiger partial charge < -0.3 is 20.4 Å². The molecular weight excluding hydrogens is 426 g/mol. The summed E-state index contributed by atoms with van der Waals surface area (Å²) in [5.41, 5.74) is 6.73. The van der Waals surface area contributed by atoms with Gasteiger partial charge in [-0.25, -0.2) is 0 Å². The van der Waals surface area contributed by atoms with Crippen molar-refractivity contribution in [3.8, 4) is 22.6 Å². The Labute approximate surface area is 200 Å². The van der Waals surface area contributed by atoms with Crippen LogP contribution in [0.1, 0.15) is 36.8 Å². The molecule has 3 N–H and O–H groups in total. The standard InChI is InChI=1S/C28H31N3O3/c32-23-8-12-26(20-4-11-25-21(18-20)5-13-27(25)30-33)28(19-23)29-22-6-9-24(10-7-22)34-17-16-31-14-2-1-3-15-31/h4,6-12,18-19,29,32-33H,1-3,5,13-17H2. The van der Waals surface area contributed by atoms with Gasteiger partial charge in [-0.05, 0) is 86.3 Å². The normalized spacial score (nSPS) is 17.0. The summed E-state index contributed by atoms with van der Waals surface area (Å²) < 4.78 is 5.95. The van der Waals surface area contributed by atoms with Crippen molar-refractivity contribution in [2.45, 2.75) is 32.1 Å². The van der Waals surface area contributed by atoms with Crippen molar-refractivity contribution in [3.63, 3.8) is 0 Å². The summed E-state index contributed by atoms with van der Waals surface area (Å²) >= 11 is 0. The van der Waals surface area contributed by atoms with Crippen LogP contribution in [0.5, 0.6) is 11.5 Å². The molecule has 6 nitrogen and oxygen atoms in total. The largest absolute Gasteiger partial charge is 0.508 e. The van der Waals surface area contributed by atoms with E-state index in [9.17, 15) is 10.3 Å². The summed E-state index contributed by atoms with van der Waals surface area (Å²) in [5, 5.41) is 26.2. The van der Waals surface area contributed by atoms with Crippen LogP contribution in [0.3, 0.4) is 0 Å². The van der Waals surface area contributed by atoms with E-state index in [2.05, 4.69) is 21.4 Å². The Morgan fingerprint density at radius 3 is 2.47 bits per heavy atom. The maximum Gasteiger partial charge on any atom is 0.119 e. The predicted octanol–water partition coefficient (Wildman–Crippen LogP) is 5.79. The Balaban J connectivity index is 1.28. The number of oxime groups is 1. The monoisotopic (exact) mass is 457 g/mol. The number of piperidine rings is 1. The SMILES string of the molecule is ON=C1CCc2cc(-c3ccc(O)cc3Nc3ccc(OCCN4CCCCC4)cc3)ccc21. The third-order valence-electron chi connectivity index (χ3n) is 6.74. The van der Waals surface area contributed by atoms with E-state index in [1.807, 2.05) is 42.5 Å². The second-order valence-corrected chi connectivity index (χ2v) is 9.05. The third-order valence-corrected chi connectivity index (χ3v) is 6.74. The lowest BCUT2D eigenvalue weighted by atomic mass is 9.98. The van der Waals surface area contributed by atoms with Crippen LogP contribution in [0.15, 0.2) is 65.8 Å². The van der Waals surface area contributed by atoms with E-state index >= 15 is 0 Å². The van der Waals surface area contributed by atoms with Gasteiger partial charge in [0.15, 0.2) is 0 Å². The number of ether oxygens (including phenoxy) is 1. The molecule has 176 valence electrons. The van der Waals surface area contributed by atoms with Gasteiger partial charge in [0, 0.05) is 29.4 Å². The number of hydrogen-bond donors (Lipinski definition) is 3. The molecule has 1 heterocycles. The van der Waals surface area contributed by atoms with Gasteiger partial charge in [-0.1, -0.05) is 29.8 Å². The molecule has 2 aliphatic rings. The number of hydrogen-bond acceptors (Lipinski definition) is 6. The first-order valence-electron chi connectivity index (χ1n) is 12.1. The number of phenolic OH excluding ortho intramolecular Hbond substituents is 1. The molecule has 34 heavy (non-hydrogen) atoms. The van der Waals surface area contributed by atoms with E-state index in [1.54, 1.807) is 12.1 Å². The first kappa shape index (κ1) is 22.3. The number of nitrogens with one attached hydrogen (secondary N) is 1. The minimum atomic E-state index is 0.208. The van der Waals surface area contributed by atoms with Crippen molar-refractivity contribution in [1.82, 2.24) is 4.90 Å². The van der Waals surface area contributed by atoms with Crippen LogP contribution < -0.4 is 10.1 Å². The fourth-order valence-corrected chi connectivity index (χ4v) is 4.89. The average Bonchev–Trinajstić information content (AvgIpc) is 3.28. The van der Waals surface area contributed by atoms with E-state index in [0.717, 1.165) is 58.9 Å². The number of benzene rings is 3. The number of fused-ring (bicyclic) bond motifs is 1. The number of likely N-dealkylation sites (tertiary alicyclic amines) is 1. The highest BCUT2D eigenvalue weighted by atomic mass is 16.5. The van der Waals surface area contributed by atoms with E-state index < -0.39 is 0 Å². The Bertz CT molecular complexity index is 1170. The molecule has 5 rings (SSSR count). The highest BCUT2D eigenvalue weighted by Crippen LogP contribution is 2.36. The topological polar surface area (TPSA) is 77.3 Å². The highest BCUT2D eigenvalue weighted by molar-refractivity contribution is 6.04. The Morgan fingerprint density at radius 2 is 1.68 bits per heavy atom. The fraction of sp³-hybridized carbons (Fsp3) is 0.321. The lowest BCUT2D eigenvalue weighted by molar-refractivity contribution is 0.183. The summed E-state index contributed by atoms with van der Waals surface area (Å²) in [4.78, 5) is 2.47. The summed E-state index contributed by atoms with van der Waals surface area (Å²) in [6.07, 6.45) is 5.55. The van der Waals surface area contributed by atoms with Crippen LogP contribution in [0, 0.1) is 0 Å². The zero-order valence-corrected chi connectivity index (χ0v) is 19.3. The van der Waals surface area contributed by atoms with Crippen molar-refractivity contribution in [2.75, 3.05) is 31.6 Å². The van der Waals surface area contributed by atoms with E-state index in [4.69, 9.17) is 4.74 Å². The molecular formula is C28H31N3O3. The maximum absolute atomic E-state index is 10.1. The van der Waals surface area contributed by atoms with Crippen LogP contribution in [-0.2, 0) is 6.42 Å². The first-order chi connectivity index (χ1) is 16.7. The Hall–Kier alpha value is -3.51. The van der Waals surface area contributed by atoms with Crippen LogP contribution in [-0.4, -0.2) is 47.2 Å². The average molecular weight is 458 g/mol. The van der Waals surface area contributed by atoms with Gasteiger partial charge in [-0.3, -0.25) is 4.90 Å². The molecule has 0 saturated carbocycles. The number of rotatable bonds is 7. The van der Waals surface area contributed by atoms with Crippen LogP contribution >= 0.6 is 0 Å². The van der Waals surface area contributed by atoms with Crippen molar-refractivity contribution >= 4 is 17.1 Å². The van der Waals surface area contributed by atoms with E-state index in [-0.39, 0.29) is 5.75 Å². The van der Waals surface area contributed by atoms with Crippen molar-refractivity contribution in [1.29, 1.82) is 0 Å². The number of aryl methyl sites for hydroxylation is 1. The first-order valence-corrected chi connectivity index (χ1v) is 12.1. The number of aromatic hydroxyl groups is 1. The quantitative estimate of drug-likeness (QED) is 0.309. The van der Waals surface area contributed by atoms with Crippen LogP contribution in [0.25, 0.3) is 11.1 Å². The molecule has 0 radical (unpaired) electrons. The predicted molar refractivity (Wildman–Crippen MR) is 136 cm³/mol. The van der Waals surface area contributed by atoms with Gasteiger partial charge in [-0.2, -0.15) is 0 Å². The zero-order valence-electron chi connectivity index (χ0n) is 19.3. The van der Waals surface area contributed by atoms with Gasteiger partial charge in [0.2, 0.25) is 0 Å². The summed E-state index contributed by atoms with van der Waals surface area (Å²) in [6.45, 7) is 4.03. The third kappa shape index (κ3) is 5.02. The molecule has 1 aliphatic heterocycles. The number of anilines is 2. The second-order valence-electron chi connectivity index (χ2n) is 9.05. The van der Waals surface area contributed by atoms with Gasteiger partial charge in [0.25, 0.3) is 0 Å². The van der Waals surface area contributed by atoms with Gasteiger partial charge in [-0.15, -0.1) is 0 Å². The molecule has 0 spiro atoms. The minimum Gasteiger partial charge on any atom is -0.508 e. The van der Waals surface area contributed by atoms with E-state index in [0.29, 0.717) is 6.61 Å². The second kappa shape index (κ2) is 10.2. The van der Waals surface area contributed by atoms with Crippen molar-refractivity contribution in [2.24, 2.45) is 5.16 Å². The van der Waals surface area contributed by atoms with Gasteiger partial charge >= 0.3 is 0 Å². The van der Waals surface area contributed by atoms with Crippen molar-refractivity contribution in [3.05, 3.63) is 71.8 Å². The summed E-state index contributed by atoms with van der Waals surface area (Å²) in [5.74, 6) is 1.07. The highest BCUT2D eigenvalue weighted by Gasteiger charge is 2.19.